The molecule has 9 heteroatoms. The van der Waals surface area contributed by atoms with Crippen molar-refractivity contribution in [1.29, 1.82) is 0 Å². The van der Waals surface area contributed by atoms with Crippen LogP contribution in [0.5, 0.6) is 0 Å². The van der Waals surface area contributed by atoms with Crippen molar-refractivity contribution >= 4 is 23.9 Å². The Kier molecular flexibility index (Phi) is 7.10. The van der Waals surface area contributed by atoms with Gasteiger partial charge in [0.15, 0.2) is 0 Å². The summed E-state index contributed by atoms with van der Waals surface area (Å²) < 4.78 is 5.58. The normalized spacial score (nSPS) is 18.5. The summed E-state index contributed by atoms with van der Waals surface area (Å²) in [5, 5.41) is 16.1. The predicted octanol–water partition coefficient (Wildman–Crippen LogP) is 2.01. The first-order chi connectivity index (χ1) is 16.4. The maximum absolute atomic E-state index is 12.6. The molecule has 4 rings (SSSR count). The number of ether oxygens (including phenoxy) is 1. The summed E-state index contributed by atoms with van der Waals surface area (Å²) in [7, 11) is 0. The summed E-state index contributed by atoms with van der Waals surface area (Å²) in [6.07, 6.45) is 1.40. The minimum atomic E-state index is -1.16. The summed E-state index contributed by atoms with van der Waals surface area (Å²) in [6, 6.07) is 15.8. The summed E-state index contributed by atoms with van der Waals surface area (Å²) in [4.78, 5) is 47.2. The number of fused-ring (bicyclic) bond motifs is 3. The molecule has 0 spiro atoms. The van der Waals surface area contributed by atoms with Crippen LogP contribution in [0.1, 0.15) is 36.3 Å². The van der Waals surface area contributed by atoms with Crippen LogP contribution in [0, 0.1) is 5.92 Å². The van der Waals surface area contributed by atoms with Crippen molar-refractivity contribution in [3.63, 3.8) is 0 Å². The quantitative estimate of drug-likeness (QED) is 0.471. The molecule has 1 fully saturated rings. The molecule has 2 aromatic carbocycles. The topological polar surface area (TPSA) is 134 Å². The molecule has 4 N–H and O–H groups in total. The van der Waals surface area contributed by atoms with Crippen molar-refractivity contribution in [3.05, 3.63) is 59.7 Å². The second kappa shape index (κ2) is 10.4. The van der Waals surface area contributed by atoms with Crippen LogP contribution in [0.15, 0.2) is 48.5 Å². The lowest BCUT2D eigenvalue weighted by Gasteiger charge is -2.21. The zero-order chi connectivity index (χ0) is 24.1. The SMILES string of the molecule is O=C(O)CNC(=O)CNC(=O)[C@@H]1CCC[C@@H]1NC(=O)OCC1c2ccccc2-c2ccccc21. The highest BCUT2D eigenvalue weighted by Crippen LogP contribution is 2.44. The van der Waals surface area contributed by atoms with Crippen LogP contribution in [-0.2, 0) is 19.1 Å². The Bertz CT molecular complexity index is 1060. The molecular weight excluding hydrogens is 438 g/mol. The lowest BCUT2D eigenvalue weighted by Crippen LogP contribution is -2.46. The van der Waals surface area contributed by atoms with Crippen molar-refractivity contribution < 1.29 is 29.0 Å². The van der Waals surface area contributed by atoms with Gasteiger partial charge in [0.1, 0.15) is 13.2 Å². The number of alkyl carbamates (subject to hydrolysis) is 1. The van der Waals surface area contributed by atoms with Crippen molar-refractivity contribution in [2.24, 2.45) is 5.92 Å². The van der Waals surface area contributed by atoms with Gasteiger partial charge in [-0.25, -0.2) is 4.79 Å². The molecular formula is C25H27N3O6. The van der Waals surface area contributed by atoms with E-state index in [9.17, 15) is 19.2 Å². The van der Waals surface area contributed by atoms with E-state index >= 15 is 0 Å². The number of benzene rings is 2. The monoisotopic (exact) mass is 465 g/mol. The van der Waals surface area contributed by atoms with E-state index < -0.39 is 36.5 Å². The van der Waals surface area contributed by atoms with Crippen molar-refractivity contribution in [1.82, 2.24) is 16.0 Å². The molecule has 0 aliphatic heterocycles. The average Bonchev–Trinajstić information content (AvgIpc) is 3.42. The van der Waals surface area contributed by atoms with Crippen LogP contribution < -0.4 is 16.0 Å². The molecule has 2 aliphatic rings. The molecule has 2 aliphatic carbocycles. The lowest BCUT2D eigenvalue weighted by atomic mass is 9.98. The number of hydrogen-bond acceptors (Lipinski definition) is 5. The van der Waals surface area contributed by atoms with E-state index in [0.29, 0.717) is 12.8 Å². The van der Waals surface area contributed by atoms with Crippen LogP contribution >= 0.6 is 0 Å². The molecule has 0 saturated heterocycles. The molecule has 3 amide bonds. The van der Waals surface area contributed by atoms with Crippen LogP contribution in [0.2, 0.25) is 0 Å². The van der Waals surface area contributed by atoms with Gasteiger partial charge in [-0.15, -0.1) is 0 Å². The Morgan fingerprint density at radius 2 is 1.53 bits per heavy atom. The first-order valence-electron chi connectivity index (χ1n) is 11.3. The maximum atomic E-state index is 12.6. The first-order valence-corrected chi connectivity index (χ1v) is 11.3. The molecule has 0 bridgehead atoms. The predicted molar refractivity (Wildman–Crippen MR) is 123 cm³/mol. The van der Waals surface area contributed by atoms with Crippen molar-refractivity contribution in [3.8, 4) is 11.1 Å². The molecule has 34 heavy (non-hydrogen) atoms. The van der Waals surface area contributed by atoms with Gasteiger partial charge in [-0.3, -0.25) is 14.4 Å². The number of nitrogens with one attached hydrogen (secondary N) is 3. The molecule has 9 nitrogen and oxygen atoms in total. The highest BCUT2D eigenvalue weighted by molar-refractivity contribution is 5.88. The van der Waals surface area contributed by atoms with Gasteiger partial charge in [-0.1, -0.05) is 55.0 Å². The molecule has 0 radical (unpaired) electrons. The largest absolute Gasteiger partial charge is 0.480 e. The summed E-state index contributed by atoms with van der Waals surface area (Å²) in [6.45, 7) is -0.641. The summed E-state index contributed by atoms with van der Waals surface area (Å²) >= 11 is 0. The lowest BCUT2D eigenvalue weighted by molar-refractivity contribution is -0.137. The van der Waals surface area contributed by atoms with E-state index in [-0.39, 0.29) is 25.0 Å². The van der Waals surface area contributed by atoms with Crippen LogP contribution in [0.4, 0.5) is 4.79 Å². The van der Waals surface area contributed by atoms with Gasteiger partial charge < -0.3 is 25.8 Å². The number of carboxylic acids is 1. The minimum absolute atomic E-state index is 0.0508. The smallest absolute Gasteiger partial charge is 0.407 e. The van der Waals surface area contributed by atoms with Gasteiger partial charge in [0.25, 0.3) is 0 Å². The molecule has 1 saturated carbocycles. The Morgan fingerprint density at radius 1 is 0.882 bits per heavy atom. The zero-order valence-corrected chi connectivity index (χ0v) is 18.6. The third-order valence-electron chi connectivity index (χ3n) is 6.36. The van der Waals surface area contributed by atoms with Gasteiger partial charge in [0, 0.05) is 12.0 Å². The van der Waals surface area contributed by atoms with Crippen LogP contribution in [0.25, 0.3) is 11.1 Å². The van der Waals surface area contributed by atoms with Crippen molar-refractivity contribution in [2.75, 3.05) is 19.7 Å². The maximum Gasteiger partial charge on any atom is 0.407 e. The number of carboxylic acid groups (broad SMARTS) is 1. The standard InChI is InChI=1S/C25H27N3O6/c29-22(26-13-23(30)31)12-27-24(32)19-10-5-11-21(19)28-25(33)34-14-20-17-8-3-1-6-15(17)16-7-2-4-9-18(16)20/h1-4,6-9,19-21H,5,10-14H2,(H,26,29)(H,27,32)(H,28,33)(H,30,31)/t19-,21+/m1/s1. The molecule has 2 atom stereocenters. The number of amides is 3. The zero-order valence-electron chi connectivity index (χ0n) is 18.6. The fourth-order valence-electron chi connectivity index (χ4n) is 4.77. The third kappa shape index (κ3) is 5.19. The van der Waals surface area contributed by atoms with E-state index in [1.54, 1.807) is 0 Å². The highest BCUT2D eigenvalue weighted by Gasteiger charge is 2.35. The highest BCUT2D eigenvalue weighted by atomic mass is 16.5. The van der Waals surface area contributed by atoms with E-state index in [4.69, 9.17) is 9.84 Å². The summed E-state index contributed by atoms with van der Waals surface area (Å²) in [5.41, 5.74) is 4.53. The third-order valence-corrected chi connectivity index (χ3v) is 6.36. The number of aliphatic carboxylic acids is 1. The van der Waals surface area contributed by atoms with E-state index in [1.165, 1.54) is 0 Å². The van der Waals surface area contributed by atoms with Gasteiger partial charge in [0.2, 0.25) is 11.8 Å². The van der Waals surface area contributed by atoms with E-state index in [0.717, 1.165) is 28.7 Å². The van der Waals surface area contributed by atoms with Crippen LogP contribution in [0.3, 0.4) is 0 Å². The summed E-state index contributed by atoms with van der Waals surface area (Å²) in [5.74, 6) is -2.64. The van der Waals surface area contributed by atoms with E-state index in [2.05, 4.69) is 28.1 Å². The number of hydrogen-bond donors (Lipinski definition) is 4. The van der Waals surface area contributed by atoms with E-state index in [1.807, 2.05) is 36.4 Å². The van der Waals surface area contributed by atoms with Gasteiger partial charge in [0.05, 0.1) is 12.5 Å². The Labute approximate surface area is 196 Å². The van der Waals surface area contributed by atoms with Gasteiger partial charge in [-0.05, 0) is 35.1 Å². The molecule has 0 unspecified atom stereocenters. The fourth-order valence-corrected chi connectivity index (χ4v) is 4.77. The average molecular weight is 466 g/mol. The first kappa shape index (κ1) is 23.3. The molecule has 0 heterocycles. The minimum Gasteiger partial charge on any atom is -0.480 e. The van der Waals surface area contributed by atoms with Crippen LogP contribution in [-0.4, -0.2) is 54.7 Å². The Hall–Kier alpha value is -3.88. The number of carbonyl (C=O) groups excluding carboxylic acids is 3. The fraction of sp³-hybridized carbons (Fsp3) is 0.360. The van der Waals surface area contributed by atoms with Gasteiger partial charge >= 0.3 is 12.1 Å². The molecule has 178 valence electrons. The Balaban J connectivity index is 1.30. The Morgan fingerprint density at radius 3 is 2.18 bits per heavy atom. The molecule has 2 aromatic rings. The van der Waals surface area contributed by atoms with Gasteiger partial charge in [-0.2, -0.15) is 0 Å². The van der Waals surface area contributed by atoms with Crippen molar-refractivity contribution in [2.45, 2.75) is 31.2 Å². The second-order valence-electron chi connectivity index (χ2n) is 8.50. The number of carbonyl (C=O) groups is 4. The molecule has 0 aromatic heterocycles. The number of rotatable bonds is 8. The second-order valence-corrected chi connectivity index (χ2v) is 8.50.